The summed E-state index contributed by atoms with van der Waals surface area (Å²) < 4.78 is 5.30. The molecule has 0 aromatic carbocycles. The van der Waals surface area contributed by atoms with Gasteiger partial charge in [0.2, 0.25) is 11.8 Å². The van der Waals surface area contributed by atoms with Crippen LogP contribution in [0.5, 0.6) is 0 Å². The van der Waals surface area contributed by atoms with Gasteiger partial charge in [-0.25, -0.2) is 0 Å². The molecule has 0 aliphatic carbocycles. The molecular formula is C22H32N4O4. The highest BCUT2D eigenvalue weighted by atomic mass is 16.5. The summed E-state index contributed by atoms with van der Waals surface area (Å²) in [5.74, 6) is -0.438. The van der Waals surface area contributed by atoms with Crippen molar-refractivity contribution in [1.29, 1.82) is 0 Å². The molecule has 3 heterocycles. The molecule has 2 fully saturated rings. The van der Waals surface area contributed by atoms with Gasteiger partial charge in [-0.05, 0) is 44.2 Å². The Kier molecular flexibility index (Phi) is 7.42. The molecule has 8 nitrogen and oxygen atoms in total. The third-order valence-electron chi connectivity index (χ3n) is 5.84. The number of nitrogens with one attached hydrogen (secondary N) is 2. The summed E-state index contributed by atoms with van der Waals surface area (Å²) in [6, 6.07) is 2.64. The van der Waals surface area contributed by atoms with Crippen molar-refractivity contribution in [2.45, 2.75) is 58.2 Å². The van der Waals surface area contributed by atoms with E-state index >= 15 is 0 Å². The van der Waals surface area contributed by atoms with E-state index in [1.165, 1.54) is 0 Å². The third-order valence-corrected chi connectivity index (χ3v) is 5.84. The molecule has 0 bridgehead atoms. The highest BCUT2D eigenvalue weighted by molar-refractivity contribution is 5.94. The number of ketones is 1. The number of pyridine rings is 1. The summed E-state index contributed by atoms with van der Waals surface area (Å²) in [6.07, 6.45) is 5.17. The molecule has 0 radical (unpaired) electrons. The first-order valence-corrected chi connectivity index (χ1v) is 10.7. The number of hydrogen-bond donors (Lipinski definition) is 2. The van der Waals surface area contributed by atoms with Gasteiger partial charge in [-0.3, -0.25) is 19.4 Å². The van der Waals surface area contributed by atoms with Crippen molar-refractivity contribution in [2.24, 2.45) is 11.8 Å². The van der Waals surface area contributed by atoms with Crippen molar-refractivity contribution < 1.29 is 19.1 Å². The third kappa shape index (κ3) is 5.56. The number of nitrogens with zero attached hydrogens (tertiary/aromatic N) is 2. The second-order valence-electron chi connectivity index (χ2n) is 8.63. The number of anilines is 1. The summed E-state index contributed by atoms with van der Waals surface area (Å²) in [6.45, 7) is 7.37. The van der Waals surface area contributed by atoms with Crippen molar-refractivity contribution >= 4 is 23.3 Å². The lowest BCUT2D eigenvalue weighted by Crippen LogP contribution is -2.54. The smallest absolute Gasteiger partial charge is 0.243 e. The summed E-state index contributed by atoms with van der Waals surface area (Å²) in [5.41, 5.74) is 1.11. The molecule has 30 heavy (non-hydrogen) atoms. The number of aromatic nitrogens is 1. The van der Waals surface area contributed by atoms with Crippen LogP contribution in [0.4, 0.5) is 5.69 Å². The fourth-order valence-electron chi connectivity index (χ4n) is 4.06. The summed E-state index contributed by atoms with van der Waals surface area (Å²) >= 11 is 0. The van der Waals surface area contributed by atoms with Gasteiger partial charge in [-0.15, -0.1) is 0 Å². The van der Waals surface area contributed by atoms with Crippen LogP contribution in [-0.2, 0) is 19.1 Å². The number of piperidine rings is 1. The summed E-state index contributed by atoms with van der Waals surface area (Å²) in [7, 11) is 0. The van der Waals surface area contributed by atoms with Crippen molar-refractivity contribution in [3.63, 3.8) is 0 Å². The van der Waals surface area contributed by atoms with Crippen LogP contribution in [0.3, 0.4) is 0 Å². The van der Waals surface area contributed by atoms with Gasteiger partial charge in [0.05, 0.1) is 6.10 Å². The van der Waals surface area contributed by atoms with Crippen molar-refractivity contribution in [1.82, 2.24) is 15.6 Å². The largest absolute Gasteiger partial charge is 0.371 e. The first kappa shape index (κ1) is 22.2. The van der Waals surface area contributed by atoms with Gasteiger partial charge in [-0.1, -0.05) is 13.8 Å². The van der Waals surface area contributed by atoms with E-state index in [-0.39, 0.29) is 42.1 Å². The average molecular weight is 417 g/mol. The van der Waals surface area contributed by atoms with Gasteiger partial charge in [0, 0.05) is 37.1 Å². The normalized spacial score (nSPS) is 23.5. The van der Waals surface area contributed by atoms with E-state index < -0.39 is 12.1 Å². The molecule has 8 heteroatoms. The SMILES string of the molecule is CC(C)CC(NC(=O)C1CCN(c2ccncc2)CC1)C(=O)N[C@@H]1C(=O)CO[C@@H]1C. The highest BCUT2D eigenvalue weighted by Gasteiger charge is 2.36. The van der Waals surface area contributed by atoms with Crippen molar-refractivity contribution in [3.05, 3.63) is 24.5 Å². The number of rotatable bonds is 7. The molecule has 1 aromatic heterocycles. The Morgan fingerprint density at radius 3 is 2.47 bits per heavy atom. The van der Waals surface area contributed by atoms with Crippen LogP contribution < -0.4 is 15.5 Å². The molecule has 3 atom stereocenters. The Morgan fingerprint density at radius 2 is 1.90 bits per heavy atom. The molecule has 1 aromatic rings. The molecule has 0 spiro atoms. The first-order valence-electron chi connectivity index (χ1n) is 10.7. The van der Waals surface area contributed by atoms with E-state index in [0.717, 1.165) is 31.6 Å². The van der Waals surface area contributed by atoms with Crippen molar-refractivity contribution in [2.75, 3.05) is 24.6 Å². The minimum absolute atomic E-state index is 0.0172. The van der Waals surface area contributed by atoms with Gasteiger partial charge in [0.25, 0.3) is 0 Å². The standard InChI is InChI=1S/C22H32N4O4/c1-14(2)12-18(22(29)25-20-15(3)30-13-19(20)27)24-21(28)16-6-10-26(11-7-16)17-4-8-23-9-5-17/h4-5,8-9,14-16,18,20H,6-7,10-13H2,1-3H3,(H,24,28)(H,25,29)/t15-,18?,20+/m1/s1. The Morgan fingerprint density at radius 1 is 1.23 bits per heavy atom. The number of carbonyl (C=O) groups is 3. The second-order valence-corrected chi connectivity index (χ2v) is 8.63. The quantitative estimate of drug-likeness (QED) is 0.695. The molecule has 1 unspecified atom stereocenters. The molecule has 3 rings (SSSR count). The lowest BCUT2D eigenvalue weighted by atomic mass is 9.94. The zero-order valence-electron chi connectivity index (χ0n) is 18.0. The molecule has 0 saturated carbocycles. The number of amides is 2. The first-order chi connectivity index (χ1) is 14.3. The van der Waals surface area contributed by atoms with Crippen LogP contribution in [0.15, 0.2) is 24.5 Å². The Balaban J connectivity index is 1.56. The molecule has 2 N–H and O–H groups in total. The number of ether oxygens (including phenoxy) is 1. The van der Waals surface area contributed by atoms with Gasteiger partial charge >= 0.3 is 0 Å². The monoisotopic (exact) mass is 416 g/mol. The fraction of sp³-hybridized carbons (Fsp3) is 0.636. The highest BCUT2D eigenvalue weighted by Crippen LogP contribution is 2.23. The molecule has 2 aliphatic rings. The van der Waals surface area contributed by atoms with Gasteiger partial charge in [0.1, 0.15) is 18.7 Å². The van der Waals surface area contributed by atoms with E-state index in [2.05, 4.69) is 20.5 Å². The average Bonchev–Trinajstić information content (AvgIpc) is 3.05. The number of hydrogen-bond acceptors (Lipinski definition) is 6. The number of Topliss-reactive ketones (excluding diaryl/α,β-unsaturated/α-hetero) is 1. The lowest BCUT2D eigenvalue weighted by Gasteiger charge is -2.33. The molecule has 164 valence electrons. The number of carbonyl (C=O) groups excluding carboxylic acids is 3. The maximum atomic E-state index is 12.9. The maximum absolute atomic E-state index is 12.9. The van der Waals surface area contributed by atoms with Crippen LogP contribution >= 0.6 is 0 Å². The summed E-state index contributed by atoms with van der Waals surface area (Å²) in [5, 5.41) is 5.72. The molecule has 2 saturated heterocycles. The minimum atomic E-state index is -0.656. The molecule has 2 amide bonds. The predicted molar refractivity (Wildman–Crippen MR) is 113 cm³/mol. The Hall–Kier alpha value is -2.48. The van der Waals surface area contributed by atoms with Gasteiger partial charge < -0.3 is 20.3 Å². The van der Waals surface area contributed by atoms with Gasteiger partial charge in [0.15, 0.2) is 5.78 Å². The Labute approximate surface area is 177 Å². The molecular weight excluding hydrogens is 384 g/mol. The van der Waals surface area contributed by atoms with E-state index in [4.69, 9.17) is 4.74 Å². The van der Waals surface area contributed by atoms with Gasteiger partial charge in [-0.2, -0.15) is 0 Å². The van der Waals surface area contributed by atoms with E-state index in [9.17, 15) is 14.4 Å². The zero-order chi connectivity index (χ0) is 21.7. The Bertz CT molecular complexity index is 747. The minimum Gasteiger partial charge on any atom is -0.371 e. The summed E-state index contributed by atoms with van der Waals surface area (Å²) in [4.78, 5) is 44.0. The second kappa shape index (κ2) is 10.0. The van der Waals surface area contributed by atoms with Crippen LogP contribution in [0.25, 0.3) is 0 Å². The van der Waals surface area contributed by atoms with Crippen LogP contribution in [0.2, 0.25) is 0 Å². The maximum Gasteiger partial charge on any atom is 0.243 e. The topological polar surface area (TPSA) is 101 Å². The van der Waals surface area contributed by atoms with Crippen LogP contribution in [0, 0.1) is 11.8 Å². The fourth-order valence-corrected chi connectivity index (χ4v) is 4.06. The predicted octanol–water partition coefficient (Wildman–Crippen LogP) is 1.30. The molecule has 2 aliphatic heterocycles. The van der Waals surface area contributed by atoms with Crippen molar-refractivity contribution in [3.8, 4) is 0 Å². The van der Waals surface area contributed by atoms with E-state index in [1.54, 1.807) is 19.3 Å². The van der Waals surface area contributed by atoms with Crippen LogP contribution in [0.1, 0.15) is 40.0 Å². The van der Waals surface area contributed by atoms with Crippen LogP contribution in [-0.4, -0.2) is 60.5 Å². The van der Waals surface area contributed by atoms with E-state index in [0.29, 0.717) is 6.42 Å². The lowest BCUT2D eigenvalue weighted by molar-refractivity contribution is -0.133. The zero-order valence-corrected chi connectivity index (χ0v) is 18.0. The van der Waals surface area contributed by atoms with E-state index in [1.807, 2.05) is 26.0 Å².